The lowest BCUT2D eigenvalue weighted by Crippen LogP contribution is -2.77. The van der Waals surface area contributed by atoms with E-state index >= 15 is 0 Å². The maximum atomic E-state index is 10.2. The van der Waals surface area contributed by atoms with Crippen LogP contribution in [0.5, 0.6) is 0 Å². The molecular formula is C34H26N4. The van der Waals surface area contributed by atoms with Crippen LogP contribution in [-0.4, -0.2) is 5.84 Å². The number of aryl methyl sites for hydroxylation is 1. The van der Waals surface area contributed by atoms with Gasteiger partial charge in [0, 0.05) is 0 Å². The molecule has 4 heteroatoms. The number of nitriles is 1. The number of rotatable bonds is 5. The van der Waals surface area contributed by atoms with E-state index in [1.54, 1.807) is 0 Å². The molecule has 0 aromatic heterocycles. The van der Waals surface area contributed by atoms with Crippen molar-refractivity contribution in [3.8, 4) is 6.07 Å². The Labute approximate surface area is 223 Å². The highest BCUT2D eigenvalue weighted by Crippen LogP contribution is 2.52. The number of nitrogens with zero attached hydrogens (tertiary/aromatic N) is 4. The van der Waals surface area contributed by atoms with Crippen molar-refractivity contribution in [1.29, 1.82) is 5.26 Å². The molecule has 5 aromatic rings. The molecule has 0 saturated carbocycles. The van der Waals surface area contributed by atoms with E-state index in [4.69, 9.17) is 4.99 Å². The Morgan fingerprint density at radius 1 is 0.632 bits per heavy atom. The average Bonchev–Trinajstić information content (AvgIpc) is 2.98. The SMILES string of the molecule is Cc1ccc(N=C2N(c3ccccc3)N(c3ccccc3C#N)C2(c2ccccc2)c2ccccc2)cc1. The number of hydrazine groups is 1. The van der Waals surface area contributed by atoms with Gasteiger partial charge in [-0.3, -0.25) is 5.01 Å². The fourth-order valence-electron chi connectivity index (χ4n) is 5.19. The smallest absolute Gasteiger partial charge is 0.171 e. The zero-order valence-corrected chi connectivity index (χ0v) is 21.1. The van der Waals surface area contributed by atoms with Gasteiger partial charge in [0.05, 0.1) is 22.6 Å². The van der Waals surface area contributed by atoms with Crippen molar-refractivity contribution in [3.05, 3.63) is 162 Å². The van der Waals surface area contributed by atoms with Crippen LogP contribution in [0.3, 0.4) is 0 Å². The van der Waals surface area contributed by atoms with Crippen molar-refractivity contribution in [2.75, 3.05) is 10.0 Å². The van der Waals surface area contributed by atoms with Gasteiger partial charge in [-0.1, -0.05) is 109 Å². The van der Waals surface area contributed by atoms with E-state index in [2.05, 4.69) is 108 Å². The summed E-state index contributed by atoms with van der Waals surface area (Å²) in [6.45, 7) is 2.08. The standard InChI is InChI=1S/C34H26N4/c1-26-21-23-30(24-22-26)36-33-34(28-14-5-2-6-15-28,29-16-7-3-8-17-29)38(32-20-12-11-13-27(32)25-35)37(33)31-18-9-4-10-19-31/h2-24H,1H3. The van der Waals surface area contributed by atoms with Gasteiger partial charge in [-0.15, -0.1) is 0 Å². The lowest BCUT2D eigenvalue weighted by atomic mass is 9.76. The number of para-hydroxylation sites is 2. The summed E-state index contributed by atoms with van der Waals surface area (Å²) in [5.41, 5.74) is 5.78. The molecule has 0 radical (unpaired) electrons. The van der Waals surface area contributed by atoms with Gasteiger partial charge in [-0.05, 0) is 54.4 Å². The molecule has 5 aromatic carbocycles. The molecule has 1 fully saturated rings. The van der Waals surface area contributed by atoms with Gasteiger partial charge < -0.3 is 0 Å². The van der Waals surface area contributed by atoms with Gasteiger partial charge in [0.2, 0.25) is 0 Å². The minimum atomic E-state index is -0.782. The Bertz CT molecular complexity index is 1580. The summed E-state index contributed by atoms with van der Waals surface area (Å²) in [5, 5.41) is 14.5. The molecule has 0 atom stereocenters. The Balaban J connectivity index is 1.72. The first-order chi connectivity index (χ1) is 18.7. The molecule has 38 heavy (non-hydrogen) atoms. The Hall–Kier alpha value is -5.14. The average molecular weight is 491 g/mol. The number of hydrogen-bond donors (Lipinski definition) is 0. The quantitative estimate of drug-likeness (QED) is 0.253. The molecule has 0 amide bonds. The first-order valence-electron chi connectivity index (χ1n) is 12.6. The highest BCUT2D eigenvalue weighted by atomic mass is 15.8. The molecule has 0 N–H and O–H groups in total. The minimum Gasteiger partial charge on any atom is -0.255 e. The van der Waals surface area contributed by atoms with Crippen LogP contribution < -0.4 is 10.0 Å². The third kappa shape index (κ3) is 3.73. The third-order valence-electron chi connectivity index (χ3n) is 6.95. The van der Waals surface area contributed by atoms with Crippen LogP contribution in [0.4, 0.5) is 17.1 Å². The Morgan fingerprint density at radius 2 is 1.16 bits per heavy atom. The lowest BCUT2D eigenvalue weighted by molar-refractivity contribution is 0.535. The number of anilines is 2. The molecule has 1 aliphatic heterocycles. The fourth-order valence-corrected chi connectivity index (χ4v) is 5.19. The monoisotopic (exact) mass is 490 g/mol. The van der Waals surface area contributed by atoms with Crippen molar-refractivity contribution in [3.63, 3.8) is 0 Å². The Kier molecular flexibility index (Phi) is 5.95. The van der Waals surface area contributed by atoms with E-state index in [0.29, 0.717) is 5.56 Å². The van der Waals surface area contributed by atoms with Crippen molar-refractivity contribution in [2.24, 2.45) is 4.99 Å². The van der Waals surface area contributed by atoms with Gasteiger partial charge in [0.25, 0.3) is 0 Å². The maximum Gasteiger partial charge on any atom is 0.171 e. The topological polar surface area (TPSA) is 42.6 Å². The summed E-state index contributed by atoms with van der Waals surface area (Å²) in [4.78, 5) is 5.32. The molecule has 1 aliphatic rings. The van der Waals surface area contributed by atoms with Gasteiger partial charge in [-0.25, -0.2) is 10.0 Å². The van der Waals surface area contributed by atoms with Crippen LogP contribution >= 0.6 is 0 Å². The van der Waals surface area contributed by atoms with Crippen LogP contribution in [0.15, 0.2) is 145 Å². The van der Waals surface area contributed by atoms with Crippen molar-refractivity contribution < 1.29 is 0 Å². The number of aliphatic imine (C=N–C) groups is 1. The molecular weight excluding hydrogens is 464 g/mol. The van der Waals surface area contributed by atoms with Gasteiger partial charge >= 0.3 is 0 Å². The second-order valence-electron chi connectivity index (χ2n) is 9.30. The van der Waals surface area contributed by atoms with Gasteiger partial charge in [0.15, 0.2) is 11.4 Å². The number of benzene rings is 5. The van der Waals surface area contributed by atoms with Gasteiger partial charge in [0.1, 0.15) is 6.07 Å². The second-order valence-corrected chi connectivity index (χ2v) is 9.30. The molecule has 0 bridgehead atoms. The third-order valence-corrected chi connectivity index (χ3v) is 6.95. The Morgan fingerprint density at radius 3 is 1.74 bits per heavy atom. The first kappa shape index (κ1) is 23.3. The predicted octanol–water partition coefficient (Wildman–Crippen LogP) is 7.78. The fraction of sp³-hybridized carbons (Fsp3) is 0.0588. The zero-order valence-electron chi connectivity index (χ0n) is 21.1. The number of amidine groups is 1. The van der Waals surface area contributed by atoms with Crippen molar-refractivity contribution in [2.45, 2.75) is 12.5 Å². The van der Waals surface area contributed by atoms with Crippen LogP contribution in [0.25, 0.3) is 0 Å². The zero-order chi connectivity index (χ0) is 26.0. The highest BCUT2D eigenvalue weighted by molar-refractivity contribution is 6.19. The van der Waals surface area contributed by atoms with Crippen LogP contribution in [0.2, 0.25) is 0 Å². The van der Waals surface area contributed by atoms with Crippen LogP contribution in [-0.2, 0) is 5.54 Å². The minimum absolute atomic E-state index is 0.596. The summed E-state index contributed by atoms with van der Waals surface area (Å²) in [6, 6.07) is 49.5. The van der Waals surface area contributed by atoms with E-state index in [-0.39, 0.29) is 0 Å². The first-order valence-corrected chi connectivity index (χ1v) is 12.6. The van der Waals surface area contributed by atoms with E-state index in [1.165, 1.54) is 5.56 Å². The normalized spacial score (nSPS) is 15.1. The van der Waals surface area contributed by atoms with Crippen LogP contribution in [0.1, 0.15) is 22.3 Å². The van der Waals surface area contributed by atoms with E-state index in [0.717, 1.165) is 34.0 Å². The molecule has 1 saturated heterocycles. The molecule has 182 valence electrons. The lowest BCUT2D eigenvalue weighted by Gasteiger charge is -2.62. The summed E-state index contributed by atoms with van der Waals surface area (Å²) < 4.78 is 0. The molecule has 0 aliphatic carbocycles. The summed E-state index contributed by atoms with van der Waals surface area (Å²) in [5.74, 6) is 0.859. The van der Waals surface area contributed by atoms with E-state index in [1.807, 2.05) is 54.6 Å². The van der Waals surface area contributed by atoms with E-state index in [9.17, 15) is 5.26 Å². The molecule has 0 unspecified atom stereocenters. The summed E-state index contributed by atoms with van der Waals surface area (Å²) in [7, 11) is 0. The van der Waals surface area contributed by atoms with Crippen molar-refractivity contribution in [1.82, 2.24) is 0 Å². The molecule has 0 spiro atoms. The summed E-state index contributed by atoms with van der Waals surface area (Å²) >= 11 is 0. The molecule has 1 heterocycles. The predicted molar refractivity (Wildman–Crippen MR) is 154 cm³/mol. The van der Waals surface area contributed by atoms with Crippen LogP contribution in [0, 0.1) is 18.3 Å². The molecule has 4 nitrogen and oxygen atoms in total. The van der Waals surface area contributed by atoms with E-state index < -0.39 is 5.54 Å². The second kappa shape index (κ2) is 9.72. The largest absolute Gasteiger partial charge is 0.255 e. The molecule has 6 rings (SSSR count). The van der Waals surface area contributed by atoms with Gasteiger partial charge in [-0.2, -0.15) is 5.26 Å². The highest BCUT2D eigenvalue weighted by Gasteiger charge is 2.60. The van der Waals surface area contributed by atoms with Crippen molar-refractivity contribution >= 4 is 22.9 Å². The number of hydrogen-bond acceptors (Lipinski definition) is 3. The summed E-state index contributed by atoms with van der Waals surface area (Å²) in [6.07, 6.45) is 0. The maximum absolute atomic E-state index is 10.2.